The monoisotopic (exact) mass is 263 g/mol. The molecule has 0 aliphatic heterocycles. The Kier molecular flexibility index (Phi) is 2.74. The first-order valence-electron chi connectivity index (χ1n) is 5.82. The van der Waals surface area contributed by atoms with Crippen molar-refractivity contribution in [3.63, 3.8) is 0 Å². The lowest BCUT2D eigenvalue weighted by Gasteiger charge is -2.11. The van der Waals surface area contributed by atoms with E-state index in [-0.39, 0.29) is 11.8 Å². The predicted molar refractivity (Wildman–Crippen MR) is 67.6 cm³/mol. The molecule has 3 rings (SSSR count). The zero-order valence-electron chi connectivity index (χ0n) is 9.74. The van der Waals surface area contributed by atoms with E-state index in [1.54, 1.807) is 22.5 Å². The summed E-state index contributed by atoms with van der Waals surface area (Å²) in [7, 11) is 0. The van der Waals surface area contributed by atoms with Gasteiger partial charge in [0.2, 0.25) is 0 Å². The molecule has 5 nitrogen and oxygen atoms in total. The van der Waals surface area contributed by atoms with Crippen molar-refractivity contribution in [2.45, 2.75) is 24.3 Å². The molecule has 2 heterocycles. The largest absolute Gasteiger partial charge is 0.481 e. The SMILES string of the molecule is O=C(O)CC1(CSc2ccn3nccc3n2)CC1. The van der Waals surface area contributed by atoms with Crippen LogP contribution in [0.1, 0.15) is 19.3 Å². The van der Waals surface area contributed by atoms with Crippen LogP contribution in [0.25, 0.3) is 5.65 Å². The van der Waals surface area contributed by atoms with Gasteiger partial charge in [-0.25, -0.2) is 9.50 Å². The maximum atomic E-state index is 10.8. The van der Waals surface area contributed by atoms with Crippen molar-refractivity contribution >= 4 is 23.4 Å². The Labute approximate surface area is 108 Å². The number of fused-ring (bicyclic) bond motifs is 1. The molecular formula is C12H13N3O2S. The van der Waals surface area contributed by atoms with Gasteiger partial charge in [-0.3, -0.25) is 4.79 Å². The molecule has 0 bridgehead atoms. The van der Waals surface area contributed by atoms with Gasteiger partial charge in [0.25, 0.3) is 0 Å². The Balaban J connectivity index is 1.67. The van der Waals surface area contributed by atoms with Crippen LogP contribution in [0.2, 0.25) is 0 Å². The summed E-state index contributed by atoms with van der Waals surface area (Å²) in [5, 5.41) is 13.9. The van der Waals surface area contributed by atoms with Crippen molar-refractivity contribution in [3.8, 4) is 0 Å². The van der Waals surface area contributed by atoms with E-state index in [4.69, 9.17) is 5.11 Å². The standard InChI is InChI=1S/C12H13N3O2S/c16-11(17)7-12(3-4-12)8-18-10-2-6-15-9(14-10)1-5-13-15/h1-2,5-6H,3-4,7-8H2,(H,16,17). The molecule has 0 spiro atoms. The van der Waals surface area contributed by atoms with Gasteiger partial charge in [0.15, 0.2) is 5.65 Å². The van der Waals surface area contributed by atoms with Crippen molar-refractivity contribution in [3.05, 3.63) is 24.5 Å². The number of carboxylic acid groups (broad SMARTS) is 1. The third kappa shape index (κ3) is 2.33. The molecule has 1 fully saturated rings. The van der Waals surface area contributed by atoms with Crippen LogP contribution < -0.4 is 0 Å². The van der Waals surface area contributed by atoms with Gasteiger partial charge in [-0.05, 0) is 24.3 Å². The molecule has 0 unspecified atom stereocenters. The van der Waals surface area contributed by atoms with Crippen LogP contribution >= 0.6 is 11.8 Å². The van der Waals surface area contributed by atoms with Gasteiger partial charge in [-0.15, -0.1) is 11.8 Å². The highest BCUT2D eigenvalue weighted by atomic mass is 32.2. The lowest BCUT2D eigenvalue weighted by Crippen LogP contribution is -2.11. The molecule has 1 aliphatic rings. The molecule has 94 valence electrons. The number of thioether (sulfide) groups is 1. The van der Waals surface area contributed by atoms with Crippen molar-refractivity contribution in [1.82, 2.24) is 14.6 Å². The van der Waals surface area contributed by atoms with Crippen LogP contribution in [0, 0.1) is 5.41 Å². The summed E-state index contributed by atoms with van der Waals surface area (Å²) in [6.45, 7) is 0. The molecule has 1 N–H and O–H groups in total. The predicted octanol–water partition coefficient (Wildman–Crippen LogP) is 2.08. The van der Waals surface area contributed by atoms with Gasteiger partial charge >= 0.3 is 5.97 Å². The van der Waals surface area contributed by atoms with Gasteiger partial charge in [0.1, 0.15) is 5.03 Å². The van der Waals surface area contributed by atoms with Gasteiger partial charge < -0.3 is 5.11 Å². The Morgan fingerprint density at radius 1 is 1.50 bits per heavy atom. The second-order valence-electron chi connectivity index (χ2n) is 4.76. The molecule has 0 atom stereocenters. The number of aromatic nitrogens is 3. The number of carbonyl (C=O) groups is 1. The highest BCUT2D eigenvalue weighted by Crippen LogP contribution is 2.51. The van der Waals surface area contributed by atoms with E-state index in [1.807, 2.05) is 18.3 Å². The van der Waals surface area contributed by atoms with E-state index in [1.165, 1.54) is 0 Å². The van der Waals surface area contributed by atoms with Crippen LogP contribution in [0.15, 0.2) is 29.6 Å². The zero-order valence-corrected chi connectivity index (χ0v) is 10.6. The number of nitrogens with zero attached hydrogens (tertiary/aromatic N) is 3. The smallest absolute Gasteiger partial charge is 0.303 e. The highest BCUT2D eigenvalue weighted by Gasteiger charge is 2.44. The second kappa shape index (κ2) is 4.28. The maximum absolute atomic E-state index is 10.8. The summed E-state index contributed by atoms with van der Waals surface area (Å²) in [5.41, 5.74) is 0.827. The first-order chi connectivity index (χ1) is 8.67. The number of hydrogen-bond acceptors (Lipinski definition) is 4. The van der Waals surface area contributed by atoms with E-state index < -0.39 is 5.97 Å². The molecule has 2 aromatic heterocycles. The van der Waals surface area contributed by atoms with Crippen LogP contribution in [-0.2, 0) is 4.79 Å². The topological polar surface area (TPSA) is 67.5 Å². The van der Waals surface area contributed by atoms with E-state index >= 15 is 0 Å². The maximum Gasteiger partial charge on any atom is 0.303 e. The first-order valence-corrected chi connectivity index (χ1v) is 6.81. The molecule has 1 saturated carbocycles. The molecule has 18 heavy (non-hydrogen) atoms. The quantitative estimate of drug-likeness (QED) is 0.660. The summed E-state index contributed by atoms with van der Waals surface area (Å²) in [6, 6.07) is 3.77. The number of rotatable bonds is 5. The zero-order chi connectivity index (χ0) is 12.6. The minimum absolute atomic E-state index is 0.00452. The van der Waals surface area contributed by atoms with E-state index in [0.717, 1.165) is 29.3 Å². The van der Waals surface area contributed by atoms with Gasteiger partial charge in [-0.2, -0.15) is 5.10 Å². The Morgan fingerprint density at radius 3 is 3.06 bits per heavy atom. The number of aliphatic carboxylic acids is 1. The van der Waals surface area contributed by atoms with Gasteiger partial charge in [0, 0.05) is 18.0 Å². The summed E-state index contributed by atoms with van der Waals surface area (Å²) in [4.78, 5) is 15.2. The van der Waals surface area contributed by atoms with E-state index in [0.29, 0.717) is 0 Å². The van der Waals surface area contributed by atoms with Crippen LogP contribution in [0.3, 0.4) is 0 Å². The lowest BCUT2D eigenvalue weighted by molar-refractivity contribution is -0.138. The fourth-order valence-corrected chi connectivity index (χ4v) is 3.13. The van der Waals surface area contributed by atoms with Crippen LogP contribution in [-0.4, -0.2) is 31.4 Å². The minimum Gasteiger partial charge on any atom is -0.481 e. The van der Waals surface area contributed by atoms with Crippen molar-refractivity contribution in [1.29, 1.82) is 0 Å². The normalized spacial score (nSPS) is 16.9. The molecule has 0 saturated heterocycles. The lowest BCUT2D eigenvalue weighted by atomic mass is 10.1. The first kappa shape index (κ1) is 11.5. The third-order valence-corrected chi connectivity index (χ3v) is 4.52. The van der Waals surface area contributed by atoms with E-state index in [9.17, 15) is 4.79 Å². The van der Waals surface area contributed by atoms with Gasteiger partial charge in [0.05, 0.1) is 12.6 Å². The Morgan fingerprint density at radius 2 is 2.33 bits per heavy atom. The summed E-state index contributed by atoms with van der Waals surface area (Å²) >= 11 is 1.63. The Hall–Kier alpha value is -1.56. The molecule has 6 heteroatoms. The molecule has 0 radical (unpaired) electrons. The Bertz CT molecular complexity index is 592. The third-order valence-electron chi connectivity index (χ3n) is 3.24. The van der Waals surface area contributed by atoms with Gasteiger partial charge in [-0.1, -0.05) is 0 Å². The number of carboxylic acids is 1. The molecule has 0 aromatic carbocycles. The van der Waals surface area contributed by atoms with Crippen LogP contribution in [0.5, 0.6) is 0 Å². The highest BCUT2D eigenvalue weighted by molar-refractivity contribution is 7.99. The van der Waals surface area contributed by atoms with Crippen LogP contribution in [0.4, 0.5) is 0 Å². The minimum atomic E-state index is -0.702. The average molecular weight is 263 g/mol. The fraction of sp³-hybridized carbons (Fsp3) is 0.417. The summed E-state index contributed by atoms with van der Waals surface area (Å²) in [5.74, 6) is 0.128. The van der Waals surface area contributed by atoms with Crippen molar-refractivity contribution < 1.29 is 9.90 Å². The molecule has 1 aliphatic carbocycles. The average Bonchev–Trinajstić information content (AvgIpc) is 2.92. The molecule has 0 amide bonds. The molecule has 2 aromatic rings. The fourth-order valence-electron chi connectivity index (χ4n) is 1.97. The number of hydrogen-bond donors (Lipinski definition) is 1. The van der Waals surface area contributed by atoms with Crippen molar-refractivity contribution in [2.75, 3.05) is 5.75 Å². The summed E-state index contributed by atoms with van der Waals surface area (Å²) in [6.07, 6.45) is 5.89. The summed E-state index contributed by atoms with van der Waals surface area (Å²) < 4.78 is 1.72. The second-order valence-corrected chi connectivity index (χ2v) is 5.75. The van der Waals surface area contributed by atoms with Crippen molar-refractivity contribution in [2.24, 2.45) is 5.41 Å². The van der Waals surface area contributed by atoms with E-state index in [2.05, 4.69) is 10.1 Å². The molecular weight excluding hydrogens is 250 g/mol.